The maximum atomic E-state index is 5.04. The van der Waals surface area contributed by atoms with Gasteiger partial charge in [0.2, 0.25) is 0 Å². The van der Waals surface area contributed by atoms with Gasteiger partial charge in [0.1, 0.15) is 0 Å². The Morgan fingerprint density at radius 1 is 1.28 bits per heavy atom. The highest BCUT2D eigenvalue weighted by Gasteiger charge is 1.98. The monoisotopic (exact) mass is 243 g/mol. The topological polar surface area (TPSA) is 47.0 Å². The summed E-state index contributed by atoms with van der Waals surface area (Å²) in [5, 5.41) is 3.31. The molecule has 1 N–H and O–H groups in total. The molecule has 0 aliphatic carbocycles. The molecule has 2 rings (SSSR count). The SMILES string of the molecule is C=COCCCNCc1cnc2ccccc2n1. The lowest BCUT2D eigenvalue weighted by molar-refractivity contribution is 0.244. The molecule has 0 bridgehead atoms. The Balaban J connectivity index is 1.82. The van der Waals surface area contributed by atoms with Gasteiger partial charge in [-0.3, -0.25) is 4.98 Å². The summed E-state index contributed by atoms with van der Waals surface area (Å²) in [6.07, 6.45) is 4.23. The molecular weight excluding hydrogens is 226 g/mol. The van der Waals surface area contributed by atoms with Crippen LogP contribution in [0.15, 0.2) is 43.3 Å². The number of fused-ring (bicyclic) bond motifs is 1. The van der Waals surface area contributed by atoms with E-state index in [9.17, 15) is 0 Å². The summed E-state index contributed by atoms with van der Waals surface area (Å²) in [5.74, 6) is 0. The van der Waals surface area contributed by atoms with Crippen molar-refractivity contribution in [3.63, 3.8) is 0 Å². The van der Waals surface area contributed by atoms with Crippen molar-refractivity contribution in [2.75, 3.05) is 13.2 Å². The van der Waals surface area contributed by atoms with Gasteiger partial charge in [-0.25, -0.2) is 4.98 Å². The first kappa shape index (κ1) is 12.5. The minimum atomic E-state index is 0.694. The first-order chi connectivity index (χ1) is 8.90. The fourth-order valence-corrected chi connectivity index (χ4v) is 1.66. The van der Waals surface area contributed by atoms with Crippen LogP contribution in [0.4, 0.5) is 0 Å². The first-order valence-electron chi connectivity index (χ1n) is 6.04. The van der Waals surface area contributed by atoms with E-state index in [2.05, 4.69) is 21.9 Å². The third-order valence-corrected chi connectivity index (χ3v) is 2.54. The van der Waals surface area contributed by atoms with E-state index in [0.717, 1.165) is 36.2 Å². The Bertz CT molecular complexity index is 513. The minimum Gasteiger partial charge on any atom is -0.502 e. The zero-order chi connectivity index (χ0) is 12.6. The molecule has 0 amide bonds. The van der Waals surface area contributed by atoms with Crippen LogP contribution >= 0.6 is 0 Å². The molecule has 0 aliphatic heterocycles. The van der Waals surface area contributed by atoms with Crippen LogP contribution in [-0.4, -0.2) is 23.1 Å². The fourth-order valence-electron chi connectivity index (χ4n) is 1.66. The van der Waals surface area contributed by atoms with Crippen molar-refractivity contribution in [3.8, 4) is 0 Å². The predicted octanol–water partition coefficient (Wildman–Crippen LogP) is 2.27. The normalized spacial score (nSPS) is 10.4. The quantitative estimate of drug-likeness (QED) is 0.598. The Kier molecular flexibility index (Phi) is 4.67. The first-order valence-corrected chi connectivity index (χ1v) is 6.04. The number of nitrogens with one attached hydrogen (secondary N) is 1. The van der Waals surface area contributed by atoms with Gasteiger partial charge in [0.05, 0.1) is 35.8 Å². The van der Waals surface area contributed by atoms with Crippen LogP contribution in [0.2, 0.25) is 0 Å². The lowest BCUT2D eigenvalue weighted by Crippen LogP contribution is -2.17. The molecule has 1 heterocycles. The summed E-state index contributed by atoms with van der Waals surface area (Å²) in [6.45, 7) is 5.81. The van der Waals surface area contributed by atoms with Crippen LogP contribution in [0.25, 0.3) is 11.0 Å². The number of nitrogens with zero attached hydrogens (tertiary/aromatic N) is 2. The predicted molar refractivity (Wildman–Crippen MR) is 72.0 cm³/mol. The van der Waals surface area contributed by atoms with Crippen molar-refractivity contribution in [2.45, 2.75) is 13.0 Å². The maximum Gasteiger partial charge on any atom is 0.0890 e. The van der Waals surface area contributed by atoms with Gasteiger partial charge in [-0.2, -0.15) is 0 Å². The molecule has 4 nitrogen and oxygen atoms in total. The van der Waals surface area contributed by atoms with Gasteiger partial charge in [-0.1, -0.05) is 18.7 Å². The molecule has 1 aromatic heterocycles. The average molecular weight is 243 g/mol. The van der Waals surface area contributed by atoms with Crippen molar-refractivity contribution in [2.24, 2.45) is 0 Å². The van der Waals surface area contributed by atoms with Gasteiger partial charge in [0, 0.05) is 6.54 Å². The molecular formula is C14H17N3O. The standard InChI is InChI=1S/C14H17N3O/c1-2-18-9-5-8-15-10-12-11-16-13-6-3-4-7-14(13)17-12/h2-4,6-7,11,15H,1,5,8-10H2. The molecule has 18 heavy (non-hydrogen) atoms. The summed E-state index contributed by atoms with van der Waals surface area (Å²) in [4.78, 5) is 8.91. The van der Waals surface area contributed by atoms with Gasteiger partial charge in [-0.05, 0) is 25.1 Å². The van der Waals surface area contributed by atoms with Crippen LogP contribution in [0.5, 0.6) is 0 Å². The van der Waals surface area contributed by atoms with E-state index < -0.39 is 0 Å². The third-order valence-electron chi connectivity index (χ3n) is 2.54. The van der Waals surface area contributed by atoms with Crippen molar-refractivity contribution in [3.05, 3.63) is 49.0 Å². The second-order valence-electron chi connectivity index (χ2n) is 3.92. The molecule has 0 unspecified atom stereocenters. The smallest absolute Gasteiger partial charge is 0.0890 e. The van der Waals surface area contributed by atoms with Crippen LogP contribution < -0.4 is 5.32 Å². The zero-order valence-electron chi connectivity index (χ0n) is 10.3. The van der Waals surface area contributed by atoms with Crippen molar-refractivity contribution < 1.29 is 4.74 Å². The number of rotatable bonds is 7. The Morgan fingerprint density at radius 3 is 2.94 bits per heavy atom. The number of aromatic nitrogens is 2. The number of hydrogen-bond acceptors (Lipinski definition) is 4. The molecule has 1 aromatic carbocycles. The summed E-state index contributed by atoms with van der Waals surface area (Å²) >= 11 is 0. The lowest BCUT2D eigenvalue weighted by atomic mass is 10.3. The van der Waals surface area contributed by atoms with E-state index in [-0.39, 0.29) is 0 Å². The summed E-state index contributed by atoms with van der Waals surface area (Å²) < 4.78 is 5.04. The van der Waals surface area contributed by atoms with Gasteiger partial charge in [0.15, 0.2) is 0 Å². The largest absolute Gasteiger partial charge is 0.502 e. The zero-order valence-corrected chi connectivity index (χ0v) is 10.3. The molecule has 0 spiro atoms. The molecule has 0 atom stereocenters. The van der Waals surface area contributed by atoms with Gasteiger partial charge in [0.25, 0.3) is 0 Å². The van der Waals surface area contributed by atoms with E-state index in [0.29, 0.717) is 6.61 Å². The number of hydrogen-bond donors (Lipinski definition) is 1. The molecule has 94 valence electrons. The van der Waals surface area contributed by atoms with Crippen LogP contribution in [-0.2, 0) is 11.3 Å². The van der Waals surface area contributed by atoms with Gasteiger partial charge < -0.3 is 10.1 Å². The number of para-hydroxylation sites is 2. The molecule has 0 radical (unpaired) electrons. The Hall–Kier alpha value is -1.94. The molecule has 0 saturated heterocycles. The highest BCUT2D eigenvalue weighted by atomic mass is 16.5. The van der Waals surface area contributed by atoms with Gasteiger partial charge in [-0.15, -0.1) is 0 Å². The summed E-state index contributed by atoms with van der Waals surface area (Å²) in [5.41, 5.74) is 2.82. The van der Waals surface area contributed by atoms with Crippen molar-refractivity contribution in [1.82, 2.24) is 15.3 Å². The molecule has 0 aliphatic rings. The second-order valence-corrected chi connectivity index (χ2v) is 3.92. The molecule has 0 saturated carbocycles. The van der Waals surface area contributed by atoms with Crippen LogP contribution in [0.3, 0.4) is 0 Å². The number of benzene rings is 1. The van der Waals surface area contributed by atoms with E-state index in [1.807, 2.05) is 30.5 Å². The van der Waals surface area contributed by atoms with E-state index in [1.54, 1.807) is 0 Å². The highest BCUT2D eigenvalue weighted by Crippen LogP contribution is 2.08. The average Bonchev–Trinajstić information content (AvgIpc) is 2.42. The van der Waals surface area contributed by atoms with Crippen molar-refractivity contribution in [1.29, 1.82) is 0 Å². The second kappa shape index (κ2) is 6.71. The lowest BCUT2D eigenvalue weighted by Gasteiger charge is -2.05. The molecule has 0 fully saturated rings. The van der Waals surface area contributed by atoms with E-state index >= 15 is 0 Å². The Labute approximate surface area is 107 Å². The van der Waals surface area contributed by atoms with E-state index in [1.165, 1.54) is 6.26 Å². The fraction of sp³-hybridized carbons (Fsp3) is 0.286. The molecule has 2 aromatic rings. The van der Waals surface area contributed by atoms with E-state index in [4.69, 9.17) is 4.74 Å². The molecule has 4 heteroatoms. The number of ether oxygens (including phenoxy) is 1. The van der Waals surface area contributed by atoms with Crippen molar-refractivity contribution >= 4 is 11.0 Å². The summed E-state index contributed by atoms with van der Waals surface area (Å²) in [6, 6.07) is 7.88. The van der Waals surface area contributed by atoms with Gasteiger partial charge >= 0.3 is 0 Å². The Morgan fingerprint density at radius 2 is 2.11 bits per heavy atom. The van der Waals surface area contributed by atoms with Crippen LogP contribution in [0, 0.1) is 0 Å². The van der Waals surface area contributed by atoms with Crippen LogP contribution in [0.1, 0.15) is 12.1 Å². The summed E-state index contributed by atoms with van der Waals surface area (Å²) in [7, 11) is 0. The maximum absolute atomic E-state index is 5.04. The minimum absolute atomic E-state index is 0.694. The third kappa shape index (κ3) is 3.53. The highest BCUT2D eigenvalue weighted by molar-refractivity contribution is 5.73.